The summed E-state index contributed by atoms with van der Waals surface area (Å²) in [5.74, 6) is 0.863. The Morgan fingerprint density at radius 3 is 2.75 bits per heavy atom. The first kappa shape index (κ1) is 5.69. The van der Waals surface area contributed by atoms with Crippen LogP contribution >= 0.6 is 16.1 Å². The summed E-state index contributed by atoms with van der Waals surface area (Å²) in [6, 6.07) is 1.87. The highest BCUT2D eigenvalue weighted by Crippen LogP contribution is 2.10. The Kier molecular flexibility index (Phi) is 1.58. The van der Waals surface area contributed by atoms with Gasteiger partial charge >= 0.3 is 0 Å². The van der Waals surface area contributed by atoms with E-state index in [2.05, 4.69) is 16.1 Å². The van der Waals surface area contributed by atoms with Gasteiger partial charge < -0.3 is 4.74 Å². The lowest BCUT2D eigenvalue weighted by molar-refractivity contribution is 0.415. The Hall–Kier alpha value is -0.440. The molecule has 0 aliphatic carbocycles. The first-order valence-electron chi connectivity index (χ1n) is 2.21. The molecule has 0 radical (unpaired) electrons. The van der Waals surface area contributed by atoms with E-state index < -0.39 is 0 Å². The molecule has 2 nitrogen and oxygen atoms in total. The van der Waals surface area contributed by atoms with Crippen LogP contribution < -0.4 is 4.74 Å². The molecule has 0 saturated heterocycles. The number of hydrogen-bond acceptors (Lipinski definition) is 1. The Labute approximate surface area is 56.4 Å². The third-order valence-corrected chi connectivity index (χ3v) is 1.31. The maximum absolute atomic E-state index is 4.88. The number of ether oxygens (including phenoxy) is 1. The number of aromatic nitrogens is 1. The van der Waals surface area contributed by atoms with Gasteiger partial charge in [-0.25, -0.2) is 0 Å². The summed E-state index contributed by atoms with van der Waals surface area (Å²) < 4.78 is 6.64. The molecule has 0 fully saturated rings. The number of rotatable bonds is 1. The largest absolute Gasteiger partial charge is 0.495 e. The summed E-state index contributed by atoms with van der Waals surface area (Å²) in [4.78, 5) is 0. The number of nitrogens with zero attached hydrogens (tertiary/aromatic N) is 1. The third-order valence-electron chi connectivity index (χ3n) is 0.867. The van der Waals surface area contributed by atoms with Gasteiger partial charge in [0.25, 0.3) is 0 Å². The van der Waals surface area contributed by atoms with E-state index in [0.29, 0.717) is 0 Å². The summed E-state index contributed by atoms with van der Waals surface area (Å²) in [6.45, 7) is 0. The SMILES string of the molecule is COc1ccn(Br)c1. The zero-order valence-electron chi connectivity index (χ0n) is 4.47. The molecule has 44 valence electrons. The molecular weight excluding hydrogens is 170 g/mol. The molecule has 0 atom stereocenters. The van der Waals surface area contributed by atoms with Crippen LogP contribution in [0.15, 0.2) is 18.5 Å². The molecule has 1 aromatic heterocycles. The predicted molar refractivity (Wildman–Crippen MR) is 35.3 cm³/mol. The number of halogens is 1. The van der Waals surface area contributed by atoms with Crippen molar-refractivity contribution >= 4 is 16.1 Å². The summed E-state index contributed by atoms with van der Waals surface area (Å²) in [7, 11) is 1.64. The molecule has 0 aliphatic heterocycles. The average Bonchev–Trinajstić information content (AvgIpc) is 2.14. The van der Waals surface area contributed by atoms with Crippen LogP contribution in [0.5, 0.6) is 5.75 Å². The normalized spacial score (nSPS) is 9.25. The topological polar surface area (TPSA) is 14.2 Å². The molecule has 0 saturated carbocycles. The van der Waals surface area contributed by atoms with Gasteiger partial charge in [0.15, 0.2) is 0 Å². The van der Waals surface area contributed by atoms with E-state index in [-0.39, 0.29) is 0 Å². The number of hydrogen-bond donors (Lipinski definition) is 0. The smallest absolute Gasteiger partial charge is 0.137 e. The van der Waals surface area contributed by atoms with E-state index in [4.69, 9.17) is 4.74 Å². The van der Waals surface area contributed by atoms with E-state index in [1.807, 2.05) is 18.5 Å². The monoisotopic (exact) mass is 175 g/mol. The van der Waals surface area contributed by atoms with Gasteiger partial charge in [0.2, 0.25) is 0 Å². The van der Waals surface area contributed by atoms with Crippen molar-refractivity contribution in [1.29, 1.82) is 0 Å². The van der Waals surface area contributed by atoms with Gasteiger partial charge in [-0.3, -0.25) is 3.59 Å². The molecule has 0 unspecified atom stereocenters. The molecule has 0 aromatic carbocycles. The van der Waals surface area contributed by atoms with Gasteiger partial charge in [0.1, 0.15) is 5.75 Å². The summed E-state index contributed by atoms with van der Waals surface area (Å²) in [6.07, 6.45) is 3.69. The third kappa shape index (κ3) is 1.04. The van der Waals surface area contributed by atoms with Crippen LogP contribution in [-0.4, -0.2) is 10.7 Å². The second-order valence-electron chi connectivity index (χ2n) is 1.40. The average molecular weight is 176 g/mol. The molecule has 1 aromatic rings. The van der Waals surface area contributed by atoms with Gasteiger partial charge in [0, 0.05) is 6.20 Å². The Balaban J connectivity index is 2.84. The molecule has 0 spiro atoms. The van der Waals surface area contributed by atoms with Crippen molar-refractivity contribution in [3.8, 4) is 5.75 Å². The van der Waals surface area contributed by atoms with Crippen molar-refractivity contribution in [3.05, 3.63) is 18.5 Å². The van der Waals surface area contributed by atoms with Crippen LogP contribution in [0, 0.1) is 0 Å². The first-order valence-corrected chi connectivity index (χ1v) is 2.92. The predicted octanol–water partition coefficient (Wildman–Crippen LogP) is 1.65. The zero-order valence-corrected chi connectivity index (χ0v) is 6.05. The second-order valence-corrected chi connectivity index (χ2v) is 2.21. The lowest BCUT2D eigenvalue weighted by Crippen LogP contribution is -1.76. The van der Waals surface area contributed by atoms with E-state index in [9.17, 15) is 0 Å². The minimum absolute atomic E-state index is 0.863. The molecule has 8 heavy (non-hydrogen) atoms. The van der Waals surface area contributed by atoms with Crippen molar-refractivity contribution < 1.29 is 4.74 Å². The Morgan fingerprint density at radius 2 is 2.50 bits per heavy atom. The lowest BCUT2D eigenvalue weighted by atomic mass is 10.6. The first-order chi connectivity index (χ1) is 3.83. The van der Waals surface area contributed by atoms with Crippen molar-refractivity contribution in [2.75, 3.05) is 7.11 Å². The van der Waals surface area contributed by atoms with Crippen LogP contribution in [0.3, 0.4) is 0 Å². The number of methoxy groups -OCH3 is 1. The highest BCUT2D eigenvalue weighted by atomic mass is 79.9. The molecule has 3 heteroatoms. The van der Waals surface area contributed by atoms with Gasteiger partial charge in [-0.2, -0.15) is 0 Å². The van der Waals surface area contributed by atoms with Gasteiger partial charge in [-0.1, -0.05) is 0 Å². The summed E-state index contributed by atoms with van der Waals surface area (Å²) >= 11 is 3.21. The van der Waals surface area contributed by atoms with Crippen LogP contribution in [-0.2, 0) is 0 Å². The van der Waals surface area contributed by atoms with E-state index >= 15 is 0 Å². The van der Waals surface area contributed by atoms with Crippen LogP contribution in [0.1, 0.15) is 0 Å². The minimum atomic E-state index is 0.863. The molecule has 0 bridgehead atoms. The maximum atomic E-state index is 4.88. The van der Waals surface area contributed by atoms with Crippen molar-refractivity contribution in [2.24, 2.45) is 0 Å². The fraction of sp³-hybridized carbons (Fsp3) is 0.200. The molecular formula is C5H6BrNO. The van der Waals surface area contributed by atoms with E-state index in [1.165, 1.54) is 0 Å². The van der Waals surface area contributed by atoms with Gasteiger partial charge in [-0.15, -0.1) is 0 Å². The molecule has 1 heterocycles. The Bertz CT molecular complexity index is 173. The fourth-order valence-electron chi connectivity index (χ4n) is 0.473. The van der Waals surface area contributed by atoms with Crippen LogP contribution in [0.4, 0.5) is 0 Å². The zero-order chi connectivity index (χ0) is 5.98. The fourth-order valence-corrected chi connectivity index (χ4v) is 0.793. The van der Waals surface area contributed by atoms with Crippen molar-refractivity contribution in [1.82, 2.24) is 3.59 Å². The van der Waals surface area contributed by atoms with Crippen molar-refractivity contribution in [2.45, 2.75) is 0 Å². The maximum Gasteiger partial charge on any atom is 0.137 e. The summed E-state index contributed by atoms with van der Waals surface area (Å²) in [5, 5.41) is 0. The van der Waals surface area contributed by atoms with Crippen LogP contribution in [0.25, 0.3) is 0 Å². The van der Waals surface area contributed by atoms with E-state index in [0.717, 1.165) is 5.75 Å². The second kappa shape index (κ2) is 2.22. The standard InChI is InChI=1S/C5H6BrNO/c1-8-5-2-3-7(6)4-5/h2-4H,1H3. The quantitative estimate of drug-likeness (QED) is 0.634. The molecule has 0 aliphatic rings. The highest BCUT2D eigenvalue weighted by Gasteiger charge is 1.88. The van der Waals surface area contributed by atoms with Gasteiger partial charge in [0.05, 0.1) is 29.5 Å². The molecule has 1 rings (SSSR count). The van der Waals surface area contributed by atoms with Crippen LogP contribution in [0.2, 0.25) is 0 Å². The Morgan fingerprint density at radius 1 is 1.75 bits per heavy atom. The van der Waals surface area contributed by atoms with Gasteiger partial charge in [-0.05, 0) is 6.07 Å². The lowest BCUT2D eigenvalue weighted by Gasteiger charge is -1.88. The van der Waals surface area contributed by atoms with Crippen molar-refractivity contribution in [3.63, 3.8) is 0 Å². The molecule has 0 amide bonds. The minimum Gasteiger partial charge on any atom is -0.495 e. The molecule has 0 N–H and O–H groups in total. The van der Waals surface area contributed by atoms with E-state index in [1.54, 1.807) is 10.7 Å². The summed E-state index contributed by atoms with van der Waals surface area (Å²) in [5.41, 5.74) is 0. The highest BCUT2D eigenvalue weighted by molar-refractivity contribution is 9.08.